The lowest BCUT2D eigenvalue weighted by Crippen LogP contribution is -2.54. The van der Waals surface area contributed by atoms with Crippen molar-refractivity contribution in [1.29, 1.82) is 0 Å². The Balaban J connectivity index is 0.729. The van der Waals surface area contributed by atoms with Crippen molar-refractivity contribution < 1.29 is 23.9 Å². The van der Waals surface area contributed by atoms with Crippen LogP contribution >= 0.6 is 11.6 Å². The molecule has 5 aliphatic rings. The first-order valence-corrected chi connectivity index (χ1v) is 22.1. The monoisotopic (exact) mass is 854 g/mol. The van der Waals surface area contributed by atoms with Crippen LogP contribution in [0.15, 0.2) is 72.9 Å². The van der Waals surface area contributed by atoms with Crippen LogP contribution in [0.25, 0.3) is 4.85 Å². The van der Waals surface area contributed by atoms with Crippen LogP contribution < -0.4 is 19.9 Å². The number of fused-ring (bicyclic) bond motifs is 1. The van der Waals surface area contributed by atoms with Crippen LogP contribution in [0, 0.1) is 17.9 Å². The molecule has 4 aromatic rings. The van der Waals surface area contributed by atoms with Gasteiger partial charge in [0.2, 0.25) is 17.8 Å². The number of ether oxygens (including phenoxy) is 1. The molecule has 0 bridgehead atoms. The molecule has 13 nitrogen and oxygen atoms in total. The highest BCUT2D eigenvalue weighted by Gasteiger charge is 2.45. The summed E-state index contributed by atoms with van der Waals surface area (Å²) in [7, 11) is 0. The lowest BCUT2D eigenvalue weighted by molar-refractivity contribution is -0.136. The molecule has 1 spiro atoms. The second-order valence-electron chi connectivity index (χ2n) is 18.2. The van der Waals surface area contributed by atoms with Gasteiger partial charge in [0, 0.05) is 61.5 Å². The highest BCUT2D eigenvalue weighted by Crippen LogP contribution is 2.43. The van der Waals surface area contributed by atoms with Gasteiger partial charge in [0.1, 0.15) is 18.4 Å². The van der Waals surface area contributed by atoms with Crippen molar-refractivity contribution in [2.45, 2.75) is 76.9 Å². The highest BCUT2D eigenvalue weighted by molar-refractivity contribution is 6.31. The van der Waals surface area contributed by atoms with Gasteiger partial charge in [0.05, 0.1) is 23.4 Å². The Hall–Kier alpha value is -5.84. The molecule has 4 amide bonds. The minimum atomic E-state index is -0.963. The topological polar surface area (TPSA) is 133 Å². The molecular weight excluding hydrogens is 804 g/mol. The summed E-state index contributed by atoms with van der Waals surface area (Å²) in [6.07, 6.45) is 7.69. The number of hydrogen-bond donors (Lipinski definition) is 1. The Kier molecular flexibility index (Phi) is 11.2. The molecule has 1 N–H and O–H groups in total. The van der Waals surface area contributed by atoms with Crippen molar-refractivity contribution in [3.63, 3.8) is 0 Å². The predicted molar refractivity (Wildman–Crippen MR) is 236 cm³/mol. The third-order valence-electron chi connectivity index (χ3n) is 14.0. The maximum atomic E-state index is 13.4. The zero-order valence-electron chi connectivity index (χ0n) is 35.2. The number of rotatable bonds is 10. The van der Waals surface area contributed by atoms with Gasteiger partial charge in [-0.3, -0.25) is 29.4 Å². The first-order chi connectivity index (χ1) is 29.9. The molecule has 4 saturated heterocycles. The van der Waals surface area contributed by atoms with Crippen molar-refractivity contribution in [1.82, 2.24) is 25.1 Å². The van der Waals surface area contributed by atoms with Crippen molar-refractivity contribution >= 4 is 52.6 Å². The average molecular weight is 855 g/mol. The molecule has 3 aromatic carbocycles. The van der Waals surface area contributed by atoms with Crippen molar-refractivity contribution in [3.8, 4) is 5.75 Å². The average Bonchev–Trinajstić information content (AvgIpc) is 3.85. The molecule has 1 aromatic heterocycles. The molecule has 2 atom stereocenters. The number of halogens is 1. The lowest BCUT2D eigenvalue weighted by Gasteiger charge is -2.47. The van der Waals surface area contributed by atoms with Crippen LogP contribution in [0.5, 0.6) is 5.75 Å². The molecule has 14 heteroatoms. The summed E-state index contributed by atoms with van der Waals surface area (Å²) in [4.78, 5) is 72.1. The number of benzene rings is 3. The first-order valence-electron chi connectivity index (χ1n) is 21.7. The van der Waals surface area contributed by atoms with Gasteiger partial charge in [0.25, 0.3) is 11.8 Å². The van der Waals surface area contributed by atoms with Crippen molar-refractivity contribution in [3.05, 3.63) is 117 Å². The number of imide groups is 2. The Bertz CT molecular complexity index is 2450. The van der Waals surface area contributed by atoms with Crippen LogP contribution in [0.1, 0.15) is 96.3 Å². The molecule has 9 rings (SSSR count). The van der Waals surface area contributed by atoms with Crippen LogP contribution in [-0.4, -0.2) is 95.3 Å². The molecule has 5 aliphatic heterocycles. The fraction of sp³-hybridized carbons (Fsp3) is 0.438. The second-order valence-corrected chi connectivity index (χ2v) is 18.6. The Morgan fingerprint density at radius 2 is 1.60 bits per heavy atom. The van der Waals surface area contributed by atoms with E-state index >= 15 is 0 Å². The molecule has 0 aliphatic carbocycles. The fourth-order valence-electron chi connectivity index (χ4n) is 10.0. The maximum absolute atomic E-state index is 13.4. The summed E-state index contributed by atoms with van der Waals surface area (Å²) < 4.78 is 6.16. The molecule has 0 saturated carbocycles. The van der Waals surface area contributed by atoms with E-state index in [1.807, 2.05) is 48.7 Å². The lowest BCUT2D eigenvalue weighted by atomic mass is 9.71. The molecule has 320 valence electrons. The number of amides is 4. The van der Waals surface area contributed by atoms with E-state index in [2.05, 4.69) is 55.8 Å². The zero-order chi connectivity index (χ0) is 43.2. The molecule has 6 heterocycles. The number of anilines is 2. The highest BCUT2D eigenvalue weighted by atomic mass is 35.5. The Morgan fingerprint density at radius 3 is 2.34 bits per heavy atom. The summed E-state index contributed by atoms with van der Waals surface area (Å²) in [6, 6.07) is 19.9. The van der Waals surface area contributed by atoms with E-state index in [-0.39, 0.29) is 24.2 Å². The van der Waals surface area contributed by atoms with Gasteiger partial charge in [-0.2, -0.15) is 0 Å². The molecular formula is C48H51ClN8O5. The number of hydrogen-bond acceptors (Lipinski definition) is 10. The third-order valence-corrected chi connectivity index (χ3v) is 14.2. The van der Waals surface area contributed by atoms with Gasteiger partial charge >= 0.3 is 0 Å². The number of likely N-dealkylation sites (tertiary alicyclic amines) is 1. The Labute approximate surface area is 367 Å². The van der Waals surface area contributed by atoms with Crippen LogP contribution in [0.3, 0.4) is 0 Å². The normalized spacial score (nSPS) is 21.6. The molecule has 0 radical (unpaired) electrons. The van der Waals surface area contributed by atoms with Gasteiger partial charge in [-0.1, -0.05) is 43.6 Å². The minimum absolute atomic E-state index is 0.101. The number of carbonyl (C=O) groups is 4. The zero-order valence-corrected chi connectivity index (χ0v) is 36.0. The van der Waals surface area contributed by atoms with Gasteiger partial charge in [0.15, 0.2) is 5.69 Å². The van der Waals surface area contributed by atoms with E-state index in [0.717, 1.165) is 104 Å². The van der Waals surface area contributed by atoms with Crippen molar-refractivity contribution in [2.75, 3.05) is 55.6 Å². The summed E-state index contributed by atoms with van der Waals surface area (Å²) in [5.41, 5.74) is 4.98. The minimum Gasteiger partial charge on any atom is -0.487 e. The summed E-state index contributed by atoms with van der Waals surface area (Å²) >= 11 is 6.32. The Morgan fingerprint density at radius 1 is 0.855 bits per heavy atom. The van der Waals surface area contributed by atoms with Crippen LogP contribution in [-0.2, 0) is 21.6 Å². The van der Waals surface area contributed by atoms with Gasteiger partial charge in [-0.15, -0.1) is 0 Å². The van der Waals surface area contributed by atoms with Crippen molar-refractivity contribution in [2.24, 2.45) is 11.3 Å². The second kappa shape index (κ2) is 16.8. The van der Waals surface area contributed by atoms with E-state index in [4.69, 9.17) is 27.9 Å². The van der Waals surface area contributed by atoms with Gasteiger partial charge in [-0.05, 0) is 123 Å². The number of nitrogens with one attached hydrogen (secondary N) is 1. The molecule has 4 fully saturated rings. The first kappa shape index (κ1) is 41.5. The summed E-state index contributed by atoms with van der Waals surface area (Å²) in [6.45, 7) is 18.9. The van der Waals surface area contributed by atoms with E-state index in [1.165, 1.54) is 12.8 Å². The van der Waals surface area contributed by atoms with E-state index < -0.39 is 23.8 Å². The standard InChI is InChI=1S/C48H51ClN8O5/c1-47(2,33-24-34(49)26-36(25-33)50-3)32-4-7-38(8-5-32)62-30-35-12-18-51-46(52-35)56-19-13-31(29-56)28-54-20-14-48(15-21-54)16-22-55(23-17-48)37-6-9-39-40(27-37)45(61)57(44(39)60)41-10-11-42(58)53-43(41)59/h4-9,12,18,24-27,31,41H,10-11,13-17,19-23,28-30H2,1-2H3,(H,53,58,59). The van der Waals surface area contributed by atoms with Gasteiger partial charge < -0.3 is 19.4 Å². The summed E-state index contributed by atoms with van der Waals surface area (Å²) in [5, 5.41) is 2.82. The fourth-order valence-corrected chi connectivity index (χ4v) is 10.3. The molecule has 62 heavy (non-hydrogen) atoms. The number of piperidine rings is 3. The molecule has 2 unspecified atom stereocenters. The van der Waals surface area contributed by atoms with Gasteiger partial charge in [-0.25, -0.2) is 14.8 Å². The number of nitrogens with zero attached hydrogens (tertiary/aromatic N) is 7. The largest absolute Gasteiger partial charge is 0.487 e. The van der Waals surface area contributed by atoms with E-state index in [1.54, 1.807) is 12.1 Å². The smallest absolute Gasteiger partial charge is 0.262 e. The van der Waals surface area contributed by atoms with Crippen LogP contribution in [0.2, 0.25) is 5.02 Å². The van der Waals surface area contributed by atoms with Crippen LogP contribution in [0.4, 0.5) is 17.3 Å². The number of carbonyl (C=O) groups excluding carboxylic acids is 4. The van der Waals surface area contributed by atoms with E-state index in [0.29, 0.717) is 39.8 Å². The number of aromatic nitrogens is 2. The quantitative estimate of drug-likeness (QED) is 0.129. The predicted octanol–water partition coefficient (Wildman–Crippen LogP) is 7.20. The SMILES string of the molecule is [C-]#[N+]c1cc(Cl)cc(C(C)(C)c2ccc(OCc3ccnc(N4CCC(CN5CCC6(CC5)CCN(c5ccc7c(c5)C(=O)N(C5CCC(=O)NC5=O)C7=O)CC6)C4)n3)cc2)c1. The van der Waals surface area contributed by atoms with E-state index in [9.17, 15) is 19.2 Å². The maximum Gasteiger partial charge on any atom is 0.262 e. The summed E-state index contributed by atoms with van der Waals surface area (Å²) in [5.74, 6) is 0.141. The third kappa shape index (κ3) is 8.26.